The third-order valence-electron chi connectivity index (χ3n) is 2.51. The molecule has 2 rings (SSSR count). The van der Waals surface area contributed by atoms with Gasteiger partial charge in [-0.1, -0.05) is 17.7 Å². The molecule has 13 heavy (non-hydrogen) atoms. The molecule has 0 radical (unpaired) electrons. The third kappa shape index (κ3) is 1.26. The van der Waals surface area contributed by atoms with Crippen LogP contribution in [0.2, 0.25) is 5.02 Å². The smallest absolute Gasteiger partial charge is 0.0824 e. The Kier molecular flexibility index (Phi) is 1.71. The van der Waals surface area contributed by atoms with E-state index >= 15 is 0 Å². The van der Waals surface area contributed by atoms with Gasteiger partial charge in [-0.2, -0.15) is 5.26 Å². The lowest BCUT2D eigenvalue weighted by Gasteiger charge is -2.07. The van der Waals surface area contributed by atoms with Gasteiger partial charge in [-0.3, -0.25) is 0 Å². The molecule has 0 bridgehead atoms. The number of hydrogen-bond acceptors (Lipinski definition) is 2. The summed E-state index contributed by atoms with van der Waals surface area (Å²) in [6.07, 6.45) is 1.87. The first-order chi connectivity index (χ1) is 6.18. The molecule has 1 saturated carbocycles. The lowest BCUT2D eigenvalue weighted by Crippen LogP contribution is -2.03. The van der Waals surface area contributed by atoms with Gasteiger partial charge in [0.1, 0.15) is 0 Å². The van der Waals surface area contributed by atoms with E-state index in [1.165, 1.54) is 0 Å². The van der Waals surface area contributed by atoms with Crippen LogP contribution in [-0.2, 0) is 5.41 Å². The number of halogens is 1. The van der Waals surface area contributed by atoms with Gasteiger partial charge in [0.05, 0.1) is 22.2 Å². The molecular weight excluding hydrogens is 184 g/mol. The van der Waals surface area contributed by atoms with Crippen LogP contribution in [0, 0.1) is 11.3 Å². The topological polar surface area (TPSA) is 49.8 Å². The molecular formula is C10H9ClN2. The highest BCUT2D eigenvalue weighted by atomic mass is 35.5. The minimum Gasteiger partial charge on any atom is -0.398 e. The average Bonchev–Trinajstić information content (AvgIpc) is 2.90. The number of nitrogens with zero attached hydrogens (tertiary/aromatic N) is 1. The van der Waals surface area contributed by atoms with Gasteiger partial charge in [-0.15, -0.1) is 0 Å². The van der Waals surface area contributed by atoms with E-state index in [0.717, 1.165) is 18.4 Å². The first-order valence-corrected chi connectivity index (χ1v) is 4.52. The van der Waals surface area contributed by atoms with Crippen LogP contribution < -0.4 is 5.73 Å². The quantitative estimate of drug-likeness (QED) is 0.695. The zero-order valence-electron chi connectivity index (χ0n) is 7.05. The Labute approximate surface area is 81.9 Å². The van der Waals surface area contributed by atoms with E-state index in [9.17, 15) is 0 Å². The van der Waals surface area contributed by atoms with Gasteiger partial charge in [-0.05, 0) is 30.5 Å². The summed E-state index contributed by atoms with van der Waals surface area (Å²) in [4.78, 5) is 0. The zero-order chi connectivity index (χ0) is 9.47. The Morgan fingerprint density at radius 3 is 2.62 bits per heavy atom. The van der Waals surface area contributed by atoms with E-state index in [2.05, 4.69) is 6.07 Å². The number of rotatable bonds is 1. The summed E-state index contributed by atoms with van der Waals surface area (Å²) in [6, 6.07) is 7.76. The van der Waals surface area contributed by atoms with Gasteiger partial charge in [0, 0.05) is 0 Å². The summed E-state index contributed by atoms with van der Waals surface area (Å²) in [6.45, 7) is 0. The second-order valence-electron chi connectivity index (χ2n) is 3.43. The fraction of sp³-hybridized carbons (Fsp3) is 0.300. The van der Waals surface area contributed by atoms with Crippen molar-refractivity contribution in [3.8, 4) is 6.07 Å². The van der Waals surface area contributed by atoms with E-state index in [0.29, 0.717) is 10.7 Å². The minimum absolute atomic E-state index is 0.265. The molecule has 0 heterocycles. The molecule has 1 aromatic rings. The number of anilines is 1. The Hall–Kier alpha value is -1.20. The molecule has 2 N–H and O–H groups in total. The van der Waals surface area contributed by atoms with Gasteiger partial charge in [0.25, 0.3) is 0 Å². The summed E-state index contributed by atoms with van der Waals surface area (Å²) >= 11 is 5.79. The summed E-state index contributed by atoms with van der Waals surface area (Å²) in [7, 11) is 0. The van der Waals surface area contributed by atoms with Crippen LogP contribution in [0.15, 0.2) is 18.2 Å². The molecule has 0 amide bonds. The number of hydrogen-bond donors (Lipinski definition) is 1. The van der Waals surface area contributed by atoms with Crippen molar-refractivity contribution in [2.24, 2.45) is 0 Å². The lowest BCUT2D eigenvalue weighted by molar-refractivity contribution is 0.909. The van der Waals surface area contributed by atoms with E-state index < -0.39 is 0 Å². The molecule has 66 valence electrons. The number of nitriles is 1. The van der Waals surface area contributed by atoms with Crippen molar-refractivity contribution in [3.05, 3.63) is 28.8 Å². The molecule has 0 spiro atoms. The third-order valence-corrected chi connectivity index (χ3v) is 2.86. The molecule has 0 aliphatic heterocycles. The molecule has 0 atom stereocenters. The maximum absolute atomic E-state index is 8.95. The molecule has 0 aromatic heterocycles. The fourth-order valence-electron chi connectivity index (χ4n) is 1.43. The van der Waals surface area contributed by atoms with Crippen LogP contribution in [-0.4, -0.2) is 0 Å². The Morgan fingerprint density at radius 2 is 2.15 bits per heavy atom. The first-order valence-electron chi connectivity index (χ1n) is 4.15. The summed E-state index contributed by atoms with van der Waals surface area (Å²) in [5, 5.41) is 9.50. The molecule has 1 aromatic carbocycles. The highest BCUT2D eigenvalue weighted by Crippen LogP contribution is 2.48. The first kappa shape index (κ1) is 8.40. The van der Waals surface area contributed by atoms with E-state index in [4.69, 9.17) is 22.6 Å². The van der Waals surface area contributed by atoms with Crippen molar-refractivity contribution in [3.63, 3.8) is 0 Å². The Balaban J connectivity index is 2.44. The van der Waals surface area contributed by atoms with E-state index in [1.54, 1.807) is 12.1 Å². The predicted octanol–water partition coefficient (Wildman–Crippen LogP) is 2.48. The maximum Gasteiger partial charge on any atom is 0.0824 e. The van der Waals surface area contributed by atoms with Crippen LogP contribution >= 0.6 is 11.6 Å². The number of benzene rings is 1. The van der Waals surface area contributed by atoms with Crippen LogP contribution in [0.3, 0.4) is 0 Å². The van der Waals surface area contributed by atoms with Crippen molar-refractivity contribution in [2.45, 2.75) is 18.3 Å². The van der Waals surface area contributed by atoms with Crippen molar-refractivity contribution >= 4 is 17.3 Å². The summed E-state index contributed by atoms with van der Waals surface area (Å²) in [5.74, 6) is 0. The highest BCUT2D eigenvalue weighted by molar-refractivity contribution is 6.33. The molecule has 2 nitrogen and oxygen atoms in total. The highest BCUT2D eigenvalue weighted by Gasteiger charge is 2.44. The van der Waals surface area contributed by atoms with Gasteiger partial charge in [-0.25, -0.2) is 0 Å². The predicted molar refractivity (Wildman–Crippen MR) is 52.4 cm³/mol. The molecule has 0 unspecified atom stereocenters. The average molecular weight is 193 g/mol. The van der Waals surface area contributed by atoms with E-state index in [-0.39, 0.29) is 5.41 Å². The number of nitrogen functional groups attached to an aromatic ring is 1. The Morgan fingerprint density at radius 1 is 1.46 bits per heavy atom. The van der Waals surface area contributed by atoms with Crippen molar-refractivity contribution in [2.75, 3.05) is 5.73 Å². The number of nitrogens with two attached hydrogens (primary N) is 1. The van der Waals surface area contributed by atoms with Crippen LogP contribution in [0.5, 0.6) is 0 Å². The minimum atomic E-state index is -0.265. The van der Waals surface area contributed by atoms with Crippen molar-refractivity contribution < 1.29 is 0 Å². The molecule has 3 heteroatoms. The summed E-state index contributed by atoms with van der Waals surface area (Å²) in [5.41, 5.74) is 6.95. The summed E-state index contributed by atoms with van der Waals surface area (Å²) < 4.78 is 0. The fourth-order valence-corrected chi connectivity index (χ4v) is 1.55. The van der Waals surface area contributed by atoms with Crippen LogP contribution in [0.25, 0.3) is 0 Å². The van der Waals surface area contributed by atoms with Crippen LogP contribution in [0.1, 0.15) is 18.4 Å². The monoisotopic (exact) mass is 192 g/mol. The lowest BCUT2D eigenvalue weighted by atomic mass is 9.97. The second kappa shape index (κ2) is 2.65. The van der Waals surface area contributed by atoms with Crippen molar-refractivity contribution in [1.82, 2.24) is 0 Å². The standard InChI is InChI=1S/C10H9ClN2/c11-8-2-1-7(5-9(8)13)10(6-12)3-4-10/h1-2,5H,3-4,13H2. The SMILES string of the molecule is N#CC1(c2ccc(Cl)c(N)c2)CC1. The van der Waals surface area contributed by atoms with Gasteiger partial charge in [0.15, 0.2) is 0 Å². The molecule has 1 aliphatic carbocycles. The second-order valence-corrected chi connectivity index (χ2v) is 3.84. The van der Waals surface area contributed by atoms with Crippen LogP contribution in [0.4, 0.5) is 5.69 Å². The van der Waals surface area contributed by atoms with Gasteiger partial charge >= 0.3 is 0 Å². The molecule has 1 aliphatic rings. The maximum atomic E-state index is 8.95. The zero-order valence-corrected chi connectivity index (χ0v) is 7.80. The molecule has 0 saturated heterocycles. The van der Waals surface area contributed by atoms with Gasteiger partial charge < -0.3 is 5.73 Å². The van der Waals surface area contributed by atoms with E-state index in [1.807, 2.05) is 6.07 Å². The largest absolute Gasteiger partial charge is 0.398 e. The van der Waals surface area contributed by atoms with Crippen molar-refractivity contribution in [1.29, 1.82) is 5.26 Å². The normalized spacial score (nSPS) is 17.8. The molecule has 1 fully saturated rings. The van der Waals surface area contributed by atoms with Gasteiger partial charge in [0.2, 0.25) is 0 Å². The Bertz CT molecular complexity index is 388.